The van der Waals surface area contributed by atoms with Gasteiger partial charge in [0.05, 0.1) is 17.6 Å². The van der Waals surface area contributed by atoms with Gasteiger partial charge in [0.1, 0.15) is 5.92 Å². The Kier molecular flexibility index (Phi) is 5.38. The van der Waals surface area contributed by atoms with E-state index in [2.05, 4.69) is 20.7 Å². The molecule has 0 radical (unpaired) electrons. The average molecular weight is 344 g/mol. The highest BCUT2D eigenvalue weighted by Crippen LogP contribution is 2.32. The molecule has 0 fully saturated rings. The van der Waals surface area contributed by atoms with Gasteiger partial charge in [-0.15, -0.1) is 0 Å². The first kappa shape index (κ1) is 16.3. The number of hydrogen-bond donors (Lipinski definition) is 0. The Morgan fingerprint density at radius 3 is 2.40 bits per heavy atom. The van der Waals surface area contributed by atoms with E-state index < -0.39 is 28.5 Å². The van der Waals surface area contributed by atoms with Crippen molar-refractivity contribution in [3.8, 4) is 0 Å². The summed E-state index contributed by atoms with van der Waals surface area (Å²) >= 11 is 3.13. The maximum absolute atomic E-state index is 12.2. The van der Waals surface area contributed by atoms with E-state index >= 15 is 0 Å². The van der Waals surface area contributed by atoms with Gasteiger partial charge in [-0.25, -0.2) is 0 Å². The minimum Gasteiger partial charge on any atom is -0.468 e. The summed E-state index contributed by atoms with van der Waals surface area (Å²) in [4.78, 5) is 34.5. The molecule has 7 heteroatoms. The number of carbonyl (C=O) groups excluding carboxylic acids is 2. The van der Waals surface area contributed by atoms with Crippen molar-refractivity contribution in [2.75, 3.05) is 7.11 Å². The normalized spacial score (nSPS) is 12.1. The van der Waals surface area contributed by atoms with Gasteiger partial charge >= 0.3 is 5.97 Å². The lowest BCUT2D eigenvalue weighted by molar-refractivity contribution is -0.385. The molecular weight excluding hydrogens is 330 g/mol. The van der Waals surface area contributed by atoms with Crippen LogP contribution >= 0.6 is 15.9 Å². The first-order valence-corrected chi connectivity index (χ1v) is 6.64. The second-order valence-corrected chi connectivity index (χ2v) is 5.39. The summed E-state index contributed by atoms with van der Waals surface area (Å²) < 4.78 is 5.10. The number of nitro benzene ring substituents is 1. The van der Waals surface area contributed by atoms with Gasteiger partial charge in [0.25, 0.3) is 5.69 Å². The van der Waals surface area contributed by atoms with Crippen molar-refractivity contribution in [2.45, 2.75) is 19.8 Å². The van der Waals surface area contributed by atoms with Crippen LogP contribution in [0, 0.1) is 16.0 Å². The molecule has 0 saturated heterocycles. The van der Waals surface area contributed by atoms with Crippen LogP contribution in [0.25, 0.3) is 0 Å². The van der Waals surface area contributed by atoms with E-state index in [0.29, 0.717) is 4.47 Å². The number of methoxy groups -OCH3 is 1. The zero-order chi connectivity index (χ0) is 15.4. The number of ketones is 1. The molecule has 0 aliphatic rings. The fraction of sp³-hybridized carbons (Fsp3) is 0.385. The Bertz CT molecular complexity index is 556. The number of esters is 1. The summed E-state index contributed by atoms with van der Waals surface area (Å²) in [5, 5.41) is 11.1. The van der Waals surface area contributed by atoms with E-state index in [-0.39, 0.29) is 11.3 Å². The first-order chi connectivity index (χ1) is 9.29. The fourth-order valence-electron chi connectivity index (χ4n) is 1.77. The lowest BCUT2D eigenvalue weighted by atomic mass is 9.88. The van der Waals surface area contributed by atoms with Crippen LogP contribution in [0.3, 0.4) is 0 Å². The predicted molar refractivity (Wildman–Crippen MR) is 75.4 cm³/mol. The number of rotatable bonds is 5. The number of nitrogens with zero attached hydrogens (tertiary/aromatic N) is 1. The van der Waals surface area contributed by atoms with Crippen LogP contribution < -0.4 is 0 Å². The number of nitro groups is 1. The molecular formula is C13H14BrNO5. The van der Waals surface area contributed by atoms with E-state index in [1.807, 2.05) is 0 Å². The molecule has 20 heavy (non-hydrogen) atoms. The average Bonchev–Trinajstić information content (AvgIpc) is 2.39. The van der Waals surface area contributed by atoms with E-state index in [0.717, 1.165) is 7.11 Å². The van der Waals surface area contributed by atoms with Gasteiger partial charge in [-0.3, -0.25) is 19.7 Å². The zero-order valence-electron chi connectivity index (χ0n) is 11.3. The smallest absolute Gasteiger partial charge is 0.321 e. The fourth-order valence-corrected chi connectivity index (χ4v) is 2.12. The summed E-state index contributed by atoms with van der Waals surface area (Å²) in [6.45, 7) is 3.26. The molecule has 0 saturated carbocycles. The molecule has 0 aliphatic heterocycles. The number of halogens is 1. The molecule has 0 N–H and O–H groups in total. The summed E-state index contributed by atoms with van der Waals surface area (Å²) in [5.74, 6) is -2.94. The maximum Gasteiger partial charge on any atom is 0.321 e. The Morgan fingerprint density at radius 2 is 1.95 bits per heavy atom. The third-order valence-corrected chi connectivity index (χ3v) is 3.28. The number of Topliss-reactive ketones (excluding diaryl/α,β-unsaturated/α-hetero) is 1. The molecule has 1 atom stereocenters. The van der Waals surface area contributed by atoms with Gasteiger partial charge in [0.15, 0.2) is 5.78 Å². The highest BCUT2D eigenvalue weighted by molar-refractivity contribution is 9.10. The minimum atomic E-state index is -1.28. The highest BCUT2D eigenvalue weighted by atomic mass is 79.9. The molecule has 0 aromatic heterocycles. The molecule has 1 aromatic rings. The Balaban J connectivity index is 3.45. The van der Waals surface area contributed by atoms with Crippen molar-refractivity contribution >= 4 is 33.4 Å². The van der Waals surface area contributed by atoms with Crippen LogP contribution in [0.15, 0.2) is 22.7 Å². The van der Waals surface area contributed by atoms with Crippen LogP contribution in [-0.2, 0) is 14.3 Å². The SMILES string of the molecule is COC(=O)C(C(=O)C(C)C)c1ccc(Br)cc1[N+](=O)[O-]. The quantitative estimate of drug-likeness (QED) is 0.355. The maximum atomic E-state index is 12.2. The molecule has 1 unspecified atom stereocenters. The first-order valence-electron chi connectivity index (χ1n) is 5.85. The summed E-state index contributed by atoms with van der Waals surface area (Å²) in [7, 11) is 1.15. The Hall–Kier alpha value is -1.76. The van der Waals surface area contributed by atoms with Crippen LogP contribution in [0.4, 0.5) is 5.69 Å². The molecule has 108 valence electrons. The van der Waals surface area contributed by atoms with Crippen LogP contribution in [0.2, 0.25) is 0 Å². The predicted octanol–water partition coefficient (Wildman–Crippen LogP) is 2.84. The Labute approximate surface area is 124 Å². The number of hydrogen-bond acceptors (Lipinski definition) is 5. The largest absolute Gasteiger partial charge is 0.468 e. The van der Waals surface area contributed by atoms with Crippen molar-refractivity contribution in [1.82, 2.24) is 0 Å². The minimum absolute atomic E-state index is 0.0451. The number of carbonyl (C=O) groups is 2. The van der Waals surface area contributed by atoms with E-state index in [4.69, 9.17) is 0 Å². The second-order valence-electron chi connectivity index (χ2n) is 4.47. The summed E-state index contributed by atoms with van der Waals surface area (Å²) in [6, 6.07) is 4.20. The van der Waals surface area contributed by atoms with Gasteiger partial charge in [-0.05, 0) is 12.1 Å². The molecule has 0 amide bonds. The monoisotopic (exact) mass is 343 g/mol. The second kappa shape index (κ2) is 6.60. The van der Waals surface area contributed by atoms with Gasteiger partial charge in [-0.2, -0.15) is 0 Å². The highest BCUT2D eigenvalue weighted by Gasteiger charge is 2.36. The third-order valence-electron chi connectivity index (χ3n) is 2.79. The van der Waals surface area contributed by atoms with Crippen molar-refractivity contribution in [1.29, 1.82) is 0 Å². The Morgan fingerprint density at radius 1 is 1.35 bits per heavy atom. The molecule has 0 bridgehead atoms. The van der Waals surface area contributed by atoms with E-state index in [1.54, 1.807) is 19.9 Å². The van der Waals surface area contributed by atoms with Gasteiger partial charge < -0.3 is 4.74 Å². The van der Waals surface area contributed by atoms with Gasteiger partial charge in [0.2, 0.25) is 0 Å². The standard InChI is InChI=1S/C13H14BrNO5/c1-7(2)12(16)11(13(17)20-3)9-5-4-8(14)6-10(9)15(18)19/h4-7,11H,1-3H3. The summed E-state index contributed by atoms with van der Waals surface area (Å²) in [6.07, 6.45) is 0. The van der Waals surface area contributed by atoms with E-state index in [9.17, 15) is 19.7 Å². The molecule has 1 aromatic carbocycles. The lowest BCUT2D eigenvalue weighted by Gasteiger charge is -2.16. The molecule has 1 rings (SSSR count). The van der Waals surface area contributed by atoms with Gasteiger partial charge in [-0.1, -0.05) is 29.8 Å². The van der Waals surface area contributed by atoms with Crippen molar-refractivity contribution in [3.63, 3.8) is 0 Å². The zero-order valence-corrected chi connectivity index (χ0v) is 12.8. The van der Waals surface area contributed by atoms with Gasteiger partial charge in [0, 0.05) is 16.5 Å². The van der Waals surface area contributed by atoms with Crippen molar-refractivity contribution in [3.05, 3.63) is 38.3 Å². The van der Waals surface area contributed by atoms with Crippen LogP contribution in [0.5, 0.6) is 0 Å². The molecule has 0 heterocycles. The number of benzene rings is 1. The van der Waals surface area contributed by atoms with Crippen LogP contribution in [-0.4, -0.2) is 23.8 Å². The lowest BCUT2D eigenvalue weighted by Crippen LogP contribution is -2.27. The van der Waals surface area contributed by atoms with Crippen LogP contribution in [0.1, 0.15) is 25.3 Å². The van der Waals surface area contributed by atoms with Crippen molar-refractivity contribution in [2.24, 2.45) is 5.92 Å². The summed E-state index contributed by atoms with van der Waals surface area (Å²) in [5.41, 5.74) is -0.243. The third kappa shape index (κ3) is 3.41. The van der Waals surface area contributed by atoms with E-state index in [1.165, 1.54) is 12.1 Å². The van der Waals surface area contributed by atoms with Crippen molar-refractivity contribution < 1.29 is 19.2 Å². The molecule has 0 spiro atoms. The molecule has 0 aliphatic carbocycles. The topological polar surface area (TPSA) is 86.5 Å². The molecule has 6 nitrogen and oxygen atoms in total. The number of ether oxygens (including phenoxy) is 1.